The summed E-state index contributed by atoms with van der Waals surface area (Å²) in [4.78, 5) is 31.5. The van der Waals surface area contributed by atoms with E-state index in [9.17, 15) is 14.9 Å². The molecule has 0 radical (unpaired) electrons. The zero-order valence-electron chi connectivity index (χ0n) is 16.4. The van der Waals surface area contributed by atoms with Gasteiger partial charge in [0.2, 0.25) is 0 Å². The molecule has 152 valence electrons. The predicted octanol–water partition coefficient (Wildman–Crippen LogP) is 4.06. The van der Waals surface area contributed by atoms with Crippen LogP contribution in [0.5, 0.6) is 0 Å². The highest BCUT2D eigenvalue weighted by atomic mass is 32.2. The Bertz CT molecular complexity index is 1080. The maximum atomic E-state index is 12.2. The van der Waals surface area contributed by atoms with Crippen LogP contribution in [0.3, 0.4) is 0 Å². The fraction of sp³-hybridized carbons (Fsp3) is 0.143. The van der Waals surface area contributed by atoms with Crippen LogP contribution in [0, 0.1) is 24.0 Å². The topological polar surface area (TPSA) is 110 Å². The van der Waals surface area contributed by atoms with Crippen LogP contribution in [-0.4, -0.2) is 27.0 Å². The fourth-order valence-corrected chi connectivity index (χ4v) is 3.55. The van der Waals surface area contributed by atoms with E-state index in [0.717, 1.165) is 22.1 Å². The second-order valence-electron chi connectivity index (χ2n) is 6.43. The van der Waals surface area contributed by atoms with Gasteiger partial charge in [-0.3, -0.25) is 14.9 Å². The van der Waals surface area contributed by atoms with Gasteiger partial charge in [0.15, 0.2) is 5.16 Å². The van der Waals surface area contributed by atoms with Crippen molar-refractivity contribution < 1.29 is 9.72 Å². The first-order valence-electron chi connectivity index (χ1n) is 9.03. The third-order valence-electron chi connectivity index (χ3n) is 4.05. The van der Waals surface area contributed by atoms with Gasteiger partial charge in [-0.05, 0) is 43.7 Å². The number of aromatic nitrogens is 2. The molecule has 8 nitrogen and oxygen atoms in total. The largest absolute Gasteiger partial charge is 0.278 e. The van der Waals surface area contributed by atoms with Crippen LogP contribution in [0.25, 0.3) is 0 Å². The third kappa shape index (κ3) is 5.71. The van der Waals surface area contributed by atoms with Crippen molar-refractivity contribution in [2.45, 2.75) is 24.8 Å². The van der Waals surface area contributed by atoms with Gasteiger partial charge < -0.3 is 0 Å². The number of hydrogen-bond acceptors (Lipinski definition) is 7. The third-order valence-corrected chi connectivity index (χ3v) is 4.97. The molecule has 0 unspecified atom stereocenters. The summed E-state index contributed by atoms with van der Waals surface area (Å²) in [7, 11) is 0. The monoisotopic (exact) mass is 421 g/mol. The van der Waals surface area contributed by atoms with Gasteiger partial charge in [0.05, 0.1) is 16.7 Å². The molecule has 0 aliphatic rings. The van der Waals surface area contributed by atoms with Crippen molar-refractivity contribution in [3.05, 3.63) is 92.8 Å². The fourth-order valence-electron chi connectivity index (χ4n) is 2.65. The highest BCUT2D eigenvalue weighted by Crippen LogP contribution is 2.20. The first-order valence-corrected chi connectivity index (χ1v) is 10.0. The summed E-state index contributed by atoms with van der Waals surface area (Å²) in [5.41, 5.74) is 5.94. The van der Waals surface area contributed by atoms with Crippen LogP contribution in [0.1, 0.15) is 32.9 Å². The molecule has 0 aliphatic carbocycles. The molecule has 9 heteroatoms. The van der Waals surface area contributed by atoms with E-state index < -0.39 is 10.8 Å². The van der Waals surface area contributed by atoms with Gasteiger partial charge in [-0.25, -0.2) is 15.4 Å². The number of nitro groups is 1. The summed E-state index contributed by atoms with van der Waals surface area (Å²) in [5.74, 6) is 0.280. The number of hydrogen-bond donors (Lipinski definition) is 1. The number of nitro benzene ring substituents is 1. The van der Waals surface area contributed by atoms with Crippen molar-refractivity contribution in [2.24, 2.45) is 5.10 Å². The lowest BCUT2D eigenvalue weighted by Gasteiger charge is -2.05. The van der Waals surface area contributed by atoms with E-state index in [4.69, 9.17) is 0 Å². The Balaban J connectivity index is 1.58. The van der Waals surface area contributed by atoms with Crippen LogP contribution in [0.2, 0.25) is 0 Å². The van der Waals surface area contributed by atoms with E-state index >= 15 is 0 Å². The number of nitrogens with one attached hydrogen (secondary N) is 1. The van der Waals surface area contributed by atoms with Crippen LogP contribution >= 0.6 is 11.8 Å². The summed E-state index contributed by atoms with van der Waals surface area (Å²) < 4.78 is 0. The minimum absolute atomic E-state index is 0.0786. The summed E-state index contributed by atoms with van der Waals surface area (Å²) in [6, 6.07) is 15.2. The molecule has 0 aliphatic heterocycles. The molecule has 0 fully saturated rings. The first-order chi connectivity index (χ1) is 14.4. The van der Waals surface area contributed by atoms with Crippen molar-refractivity contribution in [3.8, 4) is 0 Å². The number of amides is 1. The first kappa shape index (κ1) is 21.1. The molecule has 1 heterocycles. The molecule has 30 heavy (non-hydrogen) atoms. The van der Waals surface area contributed by atoms with E-state index in [1.807, 2.05) is 32.0 Å². The molecule has 1 aromatic heterocycles. The number of carbonyl (C=O) groups is 1. The molecule has 0 saturated heterocycles. The van der Waals surface area contributed by atoms with Gasteiger partial charge in [0, 0.05) is 28.8 Å². The molecule has 3 rings (SSSR count). The van der Waals surface area contributed by atoms with Gasteiger partial charge >= 0.3 is 0 Å². The minimum atomic E-state index is -0.497. The number of para-hydroxylation sites is 1. The Hall–Kier alpha value is -3.59. The quantitative estimate of drug-likeness (QED) is 0.202. The molecule has 1 amide bonds. The van der Waals surface area contributed by atoms with E-state index in [1.54, 1.807) is 30.3 Å². The summed E-state index contributed by atoms with van der Waals surface area (Å²) in [6.07, 6.45) is 1.25. The van der Waals surface area contributed by atoms with Crippen LogP contribution < -0.4 is 5.43 Å². The number of nitrogens with zero attached hydrogens (tertiary/aromatic N) is 4. The van der Waals surface area contributed by atoms with Crippen LogP contribution in [0.15, 0.2) is 64.9 Å². The molecule has 0 saturated carbocycles. The highest BCUT2D eigenvalue weighted by molar-refractivity contribution is 7.98. The van der Waals surface area contributed by atoms with E-state index in [-0.39, 0.29) is 5.69 Å². The van der Waals surface area contributed by atoms with Crippen LogP contribution in [0.4, 0.5) is 5.69 Å². The highest BCUT2D eigenvalue weighted by Gasteiger charge is 2.10. The normalized spacial score (nSPS) is 10.9. The van der Waals surface area contributed by atoms with Gasteiger partial charge in [-0.2, -0.15) is 5.10 Å². The smallest absolute Gasteiger partial charge is 0.267 e. The number of rotatable bonds is 7. The molecular weight excluding hydrogens is 402 g/mol. The maximum absolute atomic E-state index is 12.2. The molecule has 2 aromatic carbocycles. The molecule has 0 spiro atoms. The standard InChI is InChI=1S/C21H19N5O3S/c1-14-11-15(2)24-21(23-14)30-13-16-7-9-17(10-8-16)20(27)25-22-12-18-5-3-4-6-19(18)26(28)29/h3-12H,13H2,1-2H3,(H,25,27)/b22-12+. The second kappa shape index (κ2) is 9.75. The Morgan fingerprint density at radius 3 is 2.47 bits per heavy atom. The molecule has 0 atom stereocenters. The number of benzene rings is 2. The lowest BCUT2D eigenvalue weighted by molar-refractivity contribution is -0.385. The van der Waals surface area contributed by atoms with Crippen molar-refractivity contribution in [2.75, 3.05) is 0 Å². The van der Waals surface area contributed by atoms with E-state index in [1.165, 1.54) is 24.0 Å². The Morgan fingerprint density at radius 1 is 1.13 bits per heavy atom. The summed E-state index contributed by atoms with van der Waals surface area (Å²) in [6.45, 7) is 3.87. The average Bonchev–Trinajstić information content (AvgIpc) is 2.72. The van der Waals surface area contributed by atoms with Crippen molar-refractivity contribution >= 4 is 29.6 Å². The van der Waals surface area contributed by atoms with E-state index in [0.29, 0.717) is 16.9 Å². The molecular formula is C21H19N5O3S. The van der Waals surface area contributed by atoms with E-state index in [2.05, 4.69) is 20.5 Å². The summed E-state index contributed by atoms with van der Waals surface area (Å²) in [5, 5.41) is 15.5. The zero-order chi connectivity index (χ0) is 21.5. The van der Waals surface area contributed by atoms with Crippen LogP contribution in [-0.2, 0) is 5.75 Å². The van der Waals surface area contributed by atoms with Gasteiger partial charge in [-0.15, -0.1) is 0 Å². The molecule has 1 N–H and O–H groups in total. The molecule has 0 bridgehead atoms. The number of carbonyl (C=O) groups excluding carboxylic acids is 1. The number of hydrazone groups is 1. The Morgan fingerprint density at radius 2 is 1.80 bits per heavy atom. The molecule has 3 aromatic rings. The SMILES string of the molecule is Cc1cc(C)nc(SCc2ccc(C(=O)N/N=C/c3ccccc3[N+](=O)[O-])cc2)n1. The lowest BCUT2D eigenvalue weighted by Crippen LogP contribution is -2.17. The van der Waals surface area contributed by atoms with Gasteiger partial charge in [-0.1, -0.05) is 36.0 Å². The maximum Gasteiger partial charge on any atom is 0.278 e. The minimum Gasteiger partial charge on any atom is -0.267 e. The number of aryl methyl sites for hydroxylation is 2. The summed E-state index contributed by atoms with van der Waals surface area (Å²) >= 11 is 1.53. The Labute approximate surface area is 177 Å². The van der Waals surface area contributed by atoms with Gasteiger partial charge in [0.1, 0.15) is 0 Å². The zero-order valence-corrected chi connectivity index (χ0v) is 17.2. The lowest BCUT2D eigenvalue weighted by atomic mass is 10.1. The second-order valence-corrected chi connectivity index (χ2v) is 7.38. The average molecular weight is 421 g/mol. The van der Waals surface area contributed by atoms with Gasteiger partial charge in [0.25, 0.3) is 11.6 Å². The Kier molecular flexibility index (Phi) is 6.87. The predicted molar refractivity (Wildman–Crippen MR) is 116 cm³/mol. The van der Waals surface area contributed by atoms with Crippen molar-refractivity contribution in [3.63, 3.8) is 0 Å². The van der Waals surface area contributed by atoms with Crippen molar-refractivity contribution in [1.82, 2.24) is 15.4 Å². The number of thioether (sulfide) groups is 1. The van der Waals surface area contributed by atoms with Crippen molar-refractivity contribution in [1.29, 1.82) is 0 Å².